The molecule has 1 aromatic rings. The van der Waals surface area contributed by atoms with Crippen LogP contribution in [-0.4, -0.2) is 48.6 Å². The Kier molecular flexibility index (Phi) is 7.59. The number of halogens is 1. The lowest BCUT2D eigenvalue weighted by atomic mass is 9.96. The van der Waals surface area contributed by atoms with Crippen molar-refractivity contribution in [1.82, 2.24) is 10.2 Å². The summed E-state index contributed by atoms with van der Waals surface area (Å²) in [5, 5.41) is 6.30. The molecule has 1 fully saturated rings. The van der Waals surface area contributed by atoms with E-state index < -0.39 is 0 Å². The van der Waals surface area contributed by atoms with Crippen molar-refractivity contribution in [3.8, 4) is 0 Å². The van der Waals surface area contributed by atoms with Crippen LogP contribution in [0.15, 0.2) is 23.1 Å². The van der Waals surface area contributed by atoms with Crippen LogP contribution in [0.2, 0.25) is 0 Å². The third kappa shape index (κ3) is 5.12. The van der Waals surface area contributed by atoms with E-state index in [4.69, 9.17) is 0 Å². The van der Waals surface area contributed by atoms with Crippen LogP contribution in [0.3, 0.4) is 0 Å². The summed E-state index contributed by atoms with van der Waals surface area (Å²) < 4.78 is 0. The number of piperidine rings is 1. The SMILES string of the molecule is CCNCC1CCN(C(=O)c2ccc3c(c2)NC(=O)CCS3)CC1.Cl. The van der Waals surface area contributed by atoms with Gasteiger partial charge >= 0.3 is 0 Å². The van der Waals surface area contributed by atoms with Crippen molar-refractivity contribution >= 4 is 41.7 Å². The van der Waals surface area contributed by atoms with Crippen molar-refractivity contribution in [3.05, 3.63) is 23.8 Å². The Morgan fingerprint density at radius 2 is 2.12 bits per heavy atom. The lowest BCUT2D eigenvalue weighted by Crippen LogP contribution is -2.40. The minimum absolute atomic E-state index is 0. The highest BCUT2D eigenvalue weighted by Gasteiger charge is 2.24. The Hall–Kier alpha value is -1.24. The normalized spacial score (nSPS) is 18.0. The van der Waals surface area contributed by atoms with E-state index in [1.165, 1.54) is 0 Å². The Bertz CT molecular complexity index is 618. The zero-order chi connectivity index (χ0) is 16.9. The minimum atomic E-state index is 0. The molecule has 7 heteroatoms. The van der Waals surface area contributed by atoms with Gasteiger partial charge in [-0.3, -0.25) is 9.59 Å². The molecule has 5 nitrogen and oxygen atoms in total. The number of carbonyl (C=O) groups is 2. The molecular formula is C18H26ClN3O2S. The highest BCUT2D eigenvalue weighted by atomic mass is 35.5. The van der Waals surface area contributed by atoms with E-state index in [0.29, 0.717) is 17.9 Å². The monoisotopic (exact) mass is 383 g/mol. The van der Waals surface area contributed by atoms with Gasteiger partial charge in [0.1, 0.15) is 0 Å². The molecule has 0 radical (unpaired) electrons. The summed E-state index contributed by atoms with van der Waals surface area (Å²) in [5.41, 5.74) is 1.44. The number of hydrogen-bond donors (Lipinski definition) is 2. The van der Waals surface area contributed by atoms with Gasteiger partial charge in [-0.2, -0.15) is 0 Å². The van der Waals surface area contributed by atoms with Crippen molar-refractivity contribution < 1.29 is 9.59 Å². The molecule has 0 saturated carbocycles. The predicted molar refractivity (Wildman–Crippen MR) is 105 cm³/mol. The van der Waals surface area contributed by atoms with Crippen LogP contribution in [0.25, 0.3) is 0 Å². The maximum Gasteiger partial charge on any atom is 0.253 e. The van der Waals surface area contributed by atoms with Gasteiger partial charge in [-0.25, -0.2) is 0 Å². The number of fused-ring (bicyclic) bond motifs is 1. The molecule has 0 aromatic heterocycles. The second-order valence-corrected chi connectivity index (χ2v) is 7.54. The highest BCUT2D eigenvalue weighted by Crippen LogP contribution is 2.32. The smallest absolute Gasteiger partial charge is 0.253 e. The third-order valence-corrected chi connectivity index (χ3v) is 5.75. The molecular weight excluding hydrogens is 358 g/mol. The largest absolute Gasteiger partial charge is 0.339 e. The zero-order valence-electron chi connectivity index (χ0n) is 14.5. The average Bonchev–Trinajstić information content (AvgIpc) is 2.79. The molecule has 2 aliphatic heterocycles. The first-order valence-electron chi connectivity index (χ1n) is 8.74. The summed E-state index contributed by atoms with van der Waals surface area (Å²) in [6.07, 6.45) is 2.62. The number of hydrogen-bond acceptors (Lipinski definition) is 4. The van der Waals surface area contributed by atoms with Crippen LogP contribution in [0.1, 0.15) is 36.5 Å². The molecule has 0 spiro atoms. The fourth-order valence-electron chi connectivity index (χ4n) is 3.22. The highest BCUT2D eigenvalue weighted by molar-refractivity contribution is 7.99. The van der Waals surface area contributed by atoms with E-state index in [-0.39, 0.29) is 24.2 Å². The lowest BCUT2D eigenvalue weighted by Gasteiger charge is -2.32. The summed E-state index contributed by atoms with van der Waals surface area (Å²) in [6, 6.07) is 5.67. The molecule has 2 amide bonds. The van der Waals surface area contributed by atoms with Crippen LogP contribution in [0, 0.1) is 5.92 Å². The molecule has 1 saturated heterocycles. The first-order chi connectivity index (χ1) is 11.7. The summed E-state index contributed by atoms with van der Waals surface area (Å²) in [4.78, 5) is 27.5. The fourth-order valence-corrected chi connectivity index (χ4v) is 4.16. The Morgan fingerprint density at radius 3 is 2.84 bits per heavy atom. The number of anilines is 1. The topological polar surface area (TPSA) is 61.4 Å². The van der Waals surface area contributed by atoms with Gasteiger partial charge in [0.05, 0.1) is 5.69 Å². The van der Waals surface area contributed by atoms with Gasteiger partial charge in [-0.05, 0) is 50.0 Å². The van der Waals surface area contributed by atoms with Crippen LogP contribution < -0.4 is 10.6 Å². The maximum absolute atomic E-state index is 12.8. The van der Waals surface area contributed by atoms with Crippen LogP contribution >= 0.6 is 24.2 Å². The van der Waals surface area contributed by atoms with Gasteiger partial charge < -0.3 is 15.5 Å². The maximum atomic E-state index is 12.8. The Morgan fingerprint density at radius 1 is 1.36 bits per heavy atom. The van der Waals surface area contributed by atoms with Crippen molar-refractivity contribution in [3.63, 3.8) is 0 Å². The lowest BCUT2D eigenvalue weighted by molar-refractivity contribution is -0.115. The first-order valence-corrected chi connectivity index (χ1v) is 9.72. The molecule has 2 aliphatic rings. The number of amides is 2. The number of benzene rings is 1. The molecule has 2 N–H and O–H groups in total. The quantitative estimate of drug-likeness (QED) is 0.839. The summed E-state index contributed by atoms with van der Waals surface area (Å²) >= 11 is 1.66. The average molecular weight is 384 g/mol. The van der Waals surface area contributed by atoms with Gasteiger partial charge in [0.2, 0.25) is 5.91 Å². The minimum Gasteiger partial charge on any atom is -0.339 e. The third-order valence-electron chi connectivity index (χ3n) is 4.67. The molecule has 138 valence electrons. The van der Waals surface area contributed by atoms with Crippen molar-refractivity contribution in [2.45, 2.75) is 31.1 Å². The van der Waals surface area contributed by atoms with E-state index >= 15 is 0 Å². The Labute approximate surface area is 159 Å². The van der Waals surface area contributed by atoms with Gasteiger partial charge in [0, 0.05) is 35.7 Å². The first kappa shape index (κ1) is 20.1. The van der Waals surface area contributed by atoms with Crippen LogP contribution in [0.5, 0.6) is 0 Å². The van der Waals surface area contributed by atoms with Gasteiger partial charge in [-0.15, -0.1) is 24.2 Å². The van der Waals surface area contributed by atoms with Gasteiger partial charge in [0.15, 0.2) is 0 Å². The molecule has 25 heavy (non-hydrogen) atoms. The van der Waals surface area contributed by atoms with E-state index in [0.717, 1.165) is 55.4 Å². The standard InChI is InChI=1S/C18H25N3O2S.ClH/c1-2-19-12-13-5-8-21(9-6-13)18(23)14-3-4-16-15(11-14)20-17(22)7-10-24-16;/h3-4,11,13,19H,2,5-10,12H2,1H3,(H,20,22);1H. The summed E-state index contributed by atoms with van der Waals surface area (Å²) in [6.45, 7) is 5.78. The molecule has 0 atom stereocenters. The predicted octanol–water partition coefficient (Wildman–Crippen LogP) is 3.00. The van der Waals surface area contributed by atoms with Crippen molar-refractivity contribution in [1.29, 1.82) is 0 Å². The number of likely N-dealkylation sites (tertiary alicyclic amines) is 1. The zero-order valence-corrected chi connectivity index (χ0v) is 16.2. The Balaban J connectivity index is 0.00000225. The van der Waals surface area contributed by atoms with Crippen LogP contribution in [-0.2, 0) is 4.79 Å². The number of thioether (sulfide) groups is 1. The second kappa shape index (κ2) is 9.46. The number of nitrogens with one attached hydrogen (secondary N) is 2. The van der Waals surface area contributed by atoms with E-state index in [1.807, 2.05) is 23.1 Å². The molecule has 0 bridgehead atoms. The second-order valence-electron chi connectivity index (χ2n) is 6.40. The molecule has 1 aromatic carbocycles. The van der Waals surface area contributed by atoms with Crippen molar-refractivity contribution in [2.24, 2.45) is 5.92 Å². The van der Waals surface area contributed by atoms with Crippen molar-refractivity contribution in [2.75, 3.05) is 37.2 Å². The summed E-state index contributed by atoms with van der Waals surface area (Å²) in [5.74, 6) is 1.54. The molecule has 0 aliphatic carbocycles. The van der Waals surface area contributed by atoms with E-state index in [2.05, 4.69) is 17.6 Å². The van der Waals surface area contributed by atoms with Crippen LogP contribution in [0.4, 0.5) is 5.69 Å². The number of rotatable bonds is 4. The number of carbonyl (C=O) groups excluding carboxylic acids is 2. The van der Waals surface area contributed by atoms with E-state index in [1.54, 1.807) is 11.8 Å². The molecule has 0 unspecified atom stereocenters. The van der Waals surface area contributed by atoms with Gasteiger partial charge in [0.25, 0.3) is 5.91 Å². The van der Waals surface area contributed by atoms with E-state index in [9.17, 15) is 9.59 Å². The molecule has 3 rings (SSSR count). The van der Waals surface area contributed by atoms with Gasteiger partial charge in [-0.1, -0.05) is 6.92 Å². The fraction of sp³-hybridized carbons (Fsp3) is 0.556. The summed E-state index contributed by atoms with van der Waals surface area (Å²) in [7, 11) is 0. The molecule has 2 heterocycles. The number of nitrogens with zero attached hydrogens (tertiary/aromatic N) is 1.